The third-order valence-corrected chi connectivity index (χ3v) is 5.95. The average Bonchev–Trinajstić information content (AvgIpc) is 2.46. The summed E-state index contributed by atoms with van der Waals surface area (Å²) in [5.41, 5.74) is 0.174. The number of hydrogen-bond acceptors (Lipinski definition) is 2. The molecule has 4 heteroatoms. The molecule has 0 aliphatic heterocycles. The van der Waals surface area contributed by atoms with Gasteiger partial charge in [0.25, 0.3) is 0 Å². The zero-order valence-electron chi connectivity index (χ0n) is 10.4. The van der Waals surface area contributed by atoms with Crippen LogP contribution in [-0.4, -0.2) is 26.0 Å². The summed E-state index contributed by atoms with van der Waals surface area (Å²) in [5, 5.41) is 1.06. The van der Waals surface area contributed by atoms with E-state index in [0.717, 1.165) is 11.1 Å². The molecule has 1 aromatic rings. The lowest BCUT2D eigenvalue weighted by Crippen LogP contribution is -2.26. The molecule has 0 N–H and O–H groups in total. The van der Waals surface area contributed by atoms with Crippen LogP contribution in [0.5, 0.6) is 5.75 Å². The van der Waals surface area contributed by atoms with Gasteiger partial charge in [-0.3, -0.25) is 0 Å². The highest BCUT2D eigenvalue weighted by Gasteiger charge is 2.28. The molecule has 96 valence electrons. The van der Waals surface area contributed by atoms with Crippen LogP contribution < -0.4 is 10.0 Å². The molecule has 3 atom stereocenters. The van der Waals surface area contributed by atoms with Gasteiger partial charge in [0, 0.05) is 25.3 Å². The third-order valence-electron chi connectivity index (χ3n) is 2.91. The Morgan fingerprint density at radius 2 is 1.83 bits per heavy atom. The average molecular weight is 283 g/mol. The molecule has 0 spiro atoms. The molecule has 0 heterocycles. The number of para-hydroxylation sites is 1. The van der Waals surface area contributed by atoms with Crippen LogP contribution in [0.15, 0.2) is 48.6 Å². The number of methoxy groups -OCH3 is 2. The second-order valence-electron chi connectivity index (χ2n) is 3.94. The van der Waals surface area contributed by atoms with Crippen molar-refractivity contribution in [2.24, 2.45) is 0 Å². The number of ether oxygens (including phenoxy) is 2. The summed E-state index contributed by atoms with van der Waals surface area (Å²) in [7, 11) is 2.50. The zero-order chi connectivity index (χ0) is 13.0. The van der Waals surface area contributed by atoms with Crippen molar-refractivity contribution in [2.45, 2.75) is 11.8 Å². The Morgan fingerprint density at radius 3 is 2.56 bits per heavy atom. The van der Waals surface area contributed by atoms with Gasteiger partial charge in [-0.1, -0.05) is 47.7 Å². The van der Waals surface area contributed by atoms with E-state index < -0.39 is 7.27 Å². The first-order valence-electron chi connectivity index (χ1n) is 5.73. The van der Waals surface area contributed by atoms with Crippen LogP contribution in [0.3, 0.4) is 0 Å². The maximum Gasteiger partial charge on any atom is 0.127 e. The third kappa shape index (κ3) is 2.77. The molecule has 0 amide bonds. The van der Waals surface area contributed by atoms with E-state index in [1.165, 1.54) is 0 Å². The second kappa shape index (κ2) is 6.38. The summed E-state index contributed by atoms with van der Waals surface area (Å²) >= 11 is 6.66. The van der Waals surface area contributed by atoms with Gasteiger partial charge < -0.3 is 9.47 Å². The van der Waals surface area contributed by atoms with Crippen LogP contribution in [0, 0.1) is 0 Å². The fourth-order valence-corrected chi connectivity index (χ4v) is 4.57. The molecular formula is C14H16ClO2P. The summed E-state index contributed by atoms with van der Waals surface area (Å²) in [5.74, 6) is 0.844. The fourth-order valence-electron chi connectivity index (χ4n) is 1.96. The first kappa shape index (κ1) is 13.6. The van der Waals surface area contributed by atoms with Crippen molar-refractivity contribution < 1.29 is 9.47 Å². The van der Waals surface area contributed by atoms with Crippen molar-refractivity contribution in [3.63, 3.8) is 0 Å². The topological polar surface area (TPSA) is 18.5 Å². The molecule has 2 nitrogen and oxygen atoms in total. The van der Waals surface area contributed by atoms with Gasteiger partial charge in [0.15, 0.2) is 0 Å². The van der Waals surface area contributed by atoms with Crippen LogP contribution >= 0.6 is 18.5 Å². The quantitative estimate of drug-likeness (QED) is 0.788. The van der Waals surface area contributed by atoms with Crippen molar-refractivity contribution in [1.29, 1.82) is 0 Å². The van der Waals surface area contributed by atoms with Crippen molar-refractivity contribution in [2.75, 3.05) is 14.2 Å². The molecule has 3 unspecified atom stereocenters. The SMILES string of the molecule is COc1ccccc1P(Cl)C1C=CC=CC1OC. The Morgan fingerprint density at radius 1 is 1.11 bits per heavy atom. The van der Waals surface area contributed by atoms with Crippen LogP contribution in [0.25, 0.3) is 0 Å². The molecule has 1 aromatic carbocycles. The van der Waals surface area contributed by atoms with Crippen LogP contribution in [0.4, 0.5) is 0 Å². The monoisotopic (exact) mass is 282 g/mol. The van der Waals surface area contributed by atoms with E-state index in [2.05, 4.69) is 6.08 Å². The fraction of sp³-hybridized carbons (Fsp3) is 0.286. The van der Waals surface area contributed by atoms with Gasteiger partial charge in [-0.15, -0.1) is 0 Å². The molecule has 0 fully saturated rings. The smallest absolute Gasteiger partial charge is 0.127 e. The van der Waals surface area contributed by atoms with Crippen molar-refractivity contribution >= 4 is 23.8 Å². The summed E-state index contributed by atoms with van der Waals surface area (Å²) < 4.78 is 10.8. The number of hydrogen-bond donors (Lipinski definition) is 0. The predicted octanol–water partition coefficient (Wildman–Crippen LogP) is 3.47. The van der Waals surface area contributed by atoms with Crippen molar-refractivity contribution in [3.8, 4) is 5.75 Å². The number of allylic oxidation sites excluding steroid dienone is 2. The van der Waals surface area contributed by atoms with Crippen molar-refractivity contribution in [3.05, 3.63) is 48.6 Å². The molecule has 18 heavy (non-hydrogen) atoms. The summed E-state index contributed by atoms with van der Waals surface area (Å²) in [6.45, 7) is 0. The van der Waals surface area contributed by atoms with E-state index >= 15 is 0 Å². The summed E-state index contributed by atoms with van der Waals surface area (Å²) in [4.78, 5) is 0. The first-order valence-corrected chi connectivity index (χ1v) is 8.05. The standard InChI is InChI=1S/C14H16ClO2P/c1-16-11-7-3-5-9-13(11)18(15)14-10-6-4-8-12(14)17-2/h3-11,13H,1-2H3. The molecule has 1 aliphatic rings. The Hall–Kier alpha value is -0.820. The van der Waals surface area contributed by atoms with Gasteiger partial charge in [-0.2, -0.15) is 0 Å². The van der Waals surface area contributed by atoms with E-state index in [4.69, 9.17) is 20.7 Å². The van der Waals surface area contributed by atoms with Crippen LogP contribution in [0.2, 0.25) is 0 Å². The number of halogens is 1. The minimum absolute atomic E-state index is 0.0310. The van der Waals surface area contributed by atoms with Gasteiger partial charge in [-0.25, -0.2) is 0 Å². The number of benzene rings is 1. The van der Waals surface area contributed by atoms with Gasteiger partial charge in [-0.05, 0) is 12.1 Å². The van der Waals surface area contributed by atoms with E-state index in [1.54, 1.807) is 14.2 Å². The molecule has 0 saturated heterocycles. The zero-order valence-corrected chi connectivity index (χ0v) is 12.1. The second-order valence-corrected chi connectivity index (χ2v) is 6.74. The van der Waals surface area contributed by atoms with E-state index in [-0.39, 0.29) is 11.8 Å². The summed E-state index contributed by atoms with van der Waals surface area (Å²) in [6, 6.07) is 7.90. The van der Waals surface area contributed by atoms with E-state index in [0.29, 0.717) is 0 Å². The minimum atomic E-state index is -0.881. The summed E-state index contributed by atoms with van der Waals surface area (Å²) in [6.07, 6.45) is 8.20. The van der Waals surface area contributed by atoms with Gasteiger partial charge in [0.2, 0.25) is 0 Å². The van der Waals surface area contributed by atoms with Crippen molar-refractivity contribution in [1.82, 2.24) is 0 Å². The minimum Gasteiger partial charge on any atom is -0.496 e. The highest BCUT2D eigenvalue weighted by atomic mass is 35.7. The first-order chi connectivity index (χ1) is 8.77. The van der Waals surface area contributed by atoms with Crippen LogP contribution in [0.1, 0.15) is 0 Å². The Balaban J connectivity index is 2.27. The van der Waals surface area contributed by atoms with E-state index in [9.17, 15) is 0 Å². The van der Waals surface area contributed by atoms with Gasteiger partial charge in [0.05, 0.1) is 13.2 Å². The molecular weight excluding hydrogens is 267 g/mol. The Kier molecular flexibility index (Phi) is 4.82. The maximum atomic E-state index is 6.66. The molecule has 0 bridgehead atoms. The lowest BCUT2D eigenvalue weighted by molar-refractivity contribution is 0.146. The Labute approximate surface area is 114 Å². The molecule has 0 saturated carbocycles. The maximum absolute atomic E-state index is 6.66. The molecule has 0 radical (unpaired) electrons. The lowest BCUT2D eigenvalue weighted by atomic mass is 10.1. The predicted molar refractivity (Wildman–Crippen MR) is 78.3 cm³/mol. The normalized spacial score (nSPS) is 23.9. The Bertz CT molecular complexity index is 459. The molecule has 1 aliphatic carbocycles. The highest BCUT2D eigenvalue weighted by molar-refractivity contribution is 7.90. The van der Waals surface area contributed by atoms with Gasteiger partial charge >= 0.3 is 0 Å². The van der Waals surface area contributed by atoms with Crippen LogP contribution in [-0.2, 0) is 4.74 Å². The van der Waals surface area contributed by atoms with Gasteiger partial charge in [0.1, 0.15) is 5.75 Å². The number of rotatable bonds is 4. The highest BCUT2D eigenvalue weighted by Crippen LogP contribution is 2.50. The molecule has 0 aromatic heterocycles. The largest absolute Gasteiger partial charge is 0.496 e. The lowest BCUT2D eigenvalue weighted by Gasteiger charge is -2.27. The molecule has 2 rings (SSSR count). The van der Waals surface area contributed by atoms with E-state index in [1.807, 2.05) is 42.5 Å².